The standard InChI is InChI=1S/C13H15BrN2O2S/c1-9(17)19-8-11-4-13(18)16(7-11)6-10-2-3-12(14)15-5-10/h2-3,5,11H,4,6-8H2,1H3. The van der Waals surface area contributed by atoms with Crippen LogP contribution in [0.15, 0.2) is 22.9 Å². The van der Waals surface area contributed by atoms with Gasteiger partial charge in [0.05, 0.1) is 0 Å². The van der Waals surface area contributed by atoms with Gasteiger partial charge >= 0.3 is 0 Å². The third-order valence-electron chi connectivity index (χ3n) is 2.98. The lowest BCUT2D eigenvalue weighted by Crippen LogP contribution is -2.24. The molecule has 0 aromatic carbocycles. The molecule has 0 N–H and O–H groups in total. The highest BCUT2D eigenvalue weighted by Gasteiger charge is 2.29. The van der Waals surface area contributed by atoms with Gasteiger partial charge in [0.15, 0.2) is 5.12 Å². The quantitative estimate of drug-likeness (QED) is 0.788. The normalized spacial score (nSPS) is 18.9. The van der Waals surface area contributed by atoms with E-state index in [1.807, 2.05) is 17.0 Å². The maximum absolute atomic E-state index is 11.9. The van der Waals surface area contributed by atoms with Crippen LogP contribution in [0.5, 0.6) is 0 Å². The molecular formula is C13H15BrN2O2S. The van der Waals surface area contributed by atoms with Crippen molar-refractivity contribution < 1.29 is 9.59 Å². The summed E-state index contributed by atoms with van der Waals surface area (Å²) in [4.78, 5) is 28.8. The van der Waals surface area contributed by atoms with Crippen molar-refractivity contribution in [3.8, 4) is 0 Å². The number of carbonyl (C=O) groups excluding carboxylic acids is 2. The summed E-state index contributed by atoms with van der Waals surface area (Å²) in [5.41, 5.74) is 1.02. The van der Waals surface area contributed by atoms with Crippen LogP contribution in [0, 0.1) is 5.92 Å². The van der Waals surface area contributed by atoms with Crippen LogP contribution in [-0.4, -0.2) is 33.2 Å². The Morgan fingerprint density at radius 3 is 3.00 bits per heavy atom. The first-order valence-electron chi connectivity index (χ1n) is 6.06. The number of amides is 1. The van der Waals surface area contributed by atoms with Gasteiger partial charge in [0.1, 0.15) is 4.60 Å². The summed E-state index contributed by atoms with van der Waals surface area (Å²) >= 11 is 4.59. The number of hydrogen-bond donors (Lipinski definition) is 0. The average molecular weight is 343 g/mol. The van der Waals surface area contributed by atoms with Crippen molar-refractivity contribution in [1.29, 1.82) is 0 Å². The van der Waals surface area contributed by atoms with Crippen LogP contribution < -0.4 is 0 Å². The second-order valence-electron chi connectivity index (χ2n) is 4.64. The molecule has 1 atom stereocenters. The minimum Gasteiger partial charge on any atom is -0.338 e. The van der Waals surface area contributed by atoms with Gasteiger partial charge < -0.3 is 4.90 Å². The minimum atomic E-state index is 0.114. The molecular weight excluding hydrogens is 328 g/mol. The van der Waals surface area contributed by atoms with E-state index in [2.05, 4.69) is 20.9 Å². The summed E-state index contributed by atoms with van der Waals surface area (Å²) < 4.78 is 0.791. The number of hydrogen-bond acceptors (Lipinski definition) is 4. The second-order valence-corrected chi connectivity index (χ2v) is 6.65. The van der Waals surface area contributed by atoms with Crippen molar-refractivity contribution in [2.45, 2.75) is 19.9 Å². The summed E-state index contributed by atoms with van der Waals surface area (Å²) in [5.74, 6) is 1.18. The predicted octanol–water partition coefficient (Wildman–Crippen LogP) is 2.47. The van der Waals surface area contributed by atoms with Gasteiger partial charge in [-0.25, -0.2) is 4.98 Å². The topological polar surface area (TPSA) is 50.3 Å². The van der Waals surface area contributed by atoms with Gasteiger partial charge in [0, 0.05) is 38.4 Å². The maximum atomic E-state index is 11.9. The summed E-state index contributed by atoms with van der Waals surface area (Å²) in [5, 5.41) is 0.114. The van der Waals surface area contributed by atoms with E-state index < -0.39 is 0 Å². The van der Waals surface area contributed by atoms with Crippen molar-refractivity contribution in [2.24, 2.45) is 5.92 Å². The van der Waals surface area contributed by atoms with E-state index in [0.29, 0.717) is 13.0 Å². The Balaban J connectivity index is 1.89. The molecule has 1 aromatic heterocycles. The van der Waals surface area contributed by atoms with Gasteiger partial charge in [-0.3, -0.25) is 9.59 Å². The molecule has 1 fully saturated rings. The fraction of sp³-hybridized carbons (Fsp3) is 0.462. The number of halogens is 1. The molecule has 1 aliphatic heterocycles. The van der Waals surface area contributed by atoms with Crippen LogP contribution in [0.25, 0.3) is 0 Å². The lowest BCUT2D eigenvalue weighted by molar-refractivity contribution is -0.128. The van der Waals surface area contributed by atoms with E-state index >= 15 is 0 Å². The Kier molecular flexibility index (Phi) is 4.99. The summed E-state index contributed by atoms with van der Waals surface area (Å²) in [6.45, 7) is 2.89. The van der Waals surface area contributed by atoms with Crippen LogP contribution >= 0.6 is 27.7 Å². The van der Waals surface area contributed by atoms with Gasteiger partial charge in [0.25, 0.3) is 0 Å². The Morgan fingerprint density at radius 2 is 2.37 bits per heavy atom. The first-order chi connectivity index (χ1) is 9.04. The molecule has 4 nitrogen and oxygen atoms in total. The van der Waals surface area contributed by atoms with Crippen LogP contribution in [0.1, 0.15) is 18.9 Å². The number of pyridine rings is 1. The molecule has 1 amide bonds. The number of rotatable bonds is 4. The fourth-order valence-corrected chi connectivity index (χ4v) is 3.00. The molecule has 0 aliphatic carbocycles. The Labute approximate surface area is 125 Å². The highest BCUT2D eigenvalue weighted by molar-refractivity contribution is 9.10. The Hall–Kier alpha value is -0.880. The lowest BCUT2D eigenvalue weighted by Gasteiger charge is -2.16. The van der Waals surface area contributed by atoms with Crippen molar-refractivity contribution in [3.05, 3.63) is 28.5 Å². The number of thioether (sulfide) groups is 1. The lowest BCUT2D eigenvalue weighted by atomic mass is 10.1. The van der Waals surface area contributed by atoms with Crippen molar-refractivity contribution in [2.75, 3.05) is 12.3 Å². The molecule has 1 saturated heterocycles. The largest absolute Gasteiger partial charge is 0.338 e. The van der Waals surface area contributed by atoms with Crippen LogP contribution in [-0.2, 0) is 16.1 Å². The van der Waals surface area contributed by atoms with Crippen LogP contribution in [0.2, 0.25) is 0 Å². The van der Waals surface area contributed by atoms with E-state index in [1.165, 1.54) is 11.8 Å². The van der Waals surface area contributed by atoms with E-state index in [9.17, 15) is 9.59 Å². The molecule has 0 radical (unpaired) electrons. The number of nitrogens with zero attached hydrogens (tertiary/aromatic N) is 2. The predicted molar refractivity (Wildman–Crippen MR) is 78.6 cm³/mol. The van der Waals surface area contributed by atoms with Crippen LogP contribution in [0.4, 0.5) is 0 Å². The molecule has 2 rings (SSSR count). The van der Waals surface area contributed by atoms with Gasteiger partial charge in [-0.05, 0) is 33.5 Å². The summed E-state index contributed by atoms with van der Waals surface area (Å²) in [7, 11) is 0. The molecule has 102 valence electrons. The maximum Gasteiger partial charge on any atom is 0.223 e. The van der Waals surface area contributed by atoms with Gasteiger partial charge in [-0.2, -0.15) is 0 Å². The van der Waals surface area contributed by atoms with E-state index in [0.717, 1.165) is 22.5 Å². The molecule has 1 aliphatic rings. The van der Waals surface area contributed by atoms with E-state index in [-0.39, 0.29) is 16.9 Å². The van der Waals surface area contributed by atoms with Crippen molar-refractivity contribution >= 4 is 38.7 Å². The molecule has 19 heavy (non-hydrogen) atoms. The zero-order valence-corrected chi connectivity index (χ0v) is 13.0. The number of likely N-dealkylation sites (tertiary alicyclic amines) is 1. The third-order valence-corrected chi connectivity index (χ3v) is 4.49. The SMILES string of the molecule is CC(=O)SCC1CC(=O)N(Cc2ccc(Br)nc2)C1. The molecule has 1 aromatic rings. The highest BCUT2D eigenvalue weighted by atomic mass is 79.9. The average Bonchev–Trinajstić information content (AvgIpc) is 2.71. The highest BCUT2D eigenvalue weighted by Crippen LogP contribution is 2.23. The monoisotopic (exact) mass is 342 g/mol. The minimum absolute atomic E-state index is 0.114. The van der Waals surface area contributed by atoms with Crippen molar-refractivity contribution in [1.82, 2.24) is 9.88 Å². The molecule has 6 heteroatoms. The second kappa shape index (κ2) is 6.52. The molecule has 0 spiro atoms. The smallest absolute Gasteiger partial charge is 0.223 e. The fourth-order valence-electron chi connectivity index (χ4n) is 2.07. The molecule has 0 saturated carbocycles. The number of aromatic nitrogens is 1. The Bertz CT molecular complexity index is 478. The third kappa shape index (κ3) is 4.31. The van der Waals surface area contributed by atoms with Gasteiger partial charge in [-0.15, -0.1) is 0 Å². The zero-order chi connectivity index (χ0) is 13.8. The van der Waals surface area contributed by atoms with Gasteiger partial charge in [-0.1, -0.05) is 17.8 Å². The Morgan fingerprint density at radius 1 is 1.58 bits per heavy atom. The first kappa shape index (κ1) is 14.5. The molecule has 1 unspecified atom stereocenters. The summed E-state index contributed by atoms with van der Waals surface area (Å²) in [6.07, 6.45) is 2.32. The summed E-state index contributed by atoms with van der Waals surface area (Å²) in [6, 6.07) is 3.83. The van der Waals surface area contributed by atoms with Crippen molar-refractivity contribution in [3.63, 3.8) is 0 Å². The van der Waals surface area contributed by atoms with Crippen LogP contribution in [0.3, 0.4) is 0 Å². The van der Waals surface area contributed by atoms with E-state index in [4.69, 9.17) is 0 Å². The zero-order valence-electron chi connectivity index (χ0n) is 10.6. The molecule has 0 bridgehead atoms. The van der Waals surface area contributed by atoms with Gasteiger partial charge in [0.2, 0.25) is 5.91 Å². The number of carbonyl (C=O) groups is 2. The van der Waals surface area contributed by atoms with E-state index in [1.54, 1.807) is 13.1 Å². The first-order valence-corrected chi connectivity index (χ1v) is 7.84. The molecule has 2 heterocycles.